The molecule has 3 aromatic carbocycles. The second-order valence-corrected chi connectivity index (χ2v) is 7.83. The molecule has 3 aromatic rings. The lowest BCUT2D eigenvalue weighted by atomic mass is 9.98. The minimum Gasteiger partial charge on any atom is -0.507 e. The Morgan fingerprint density at radius 3 is 2.69 bits per heavy atom. The van der Waals surface area contributed by atoms with Crippen molar-refractivity contribution in [2.45, 2.75) is 12.2 Å². The van der Waals surface area contributed by atoms with Gasteiger partial charge in [-0.25, -0.2) is 4.39 Å². The number of quaternary nitrogens is 1. The highest BCUT2D eigenvalue weighted by Crippen LogP contribution is 2.31. The zero-order valence-corrected chi connectivity index (χ0v) is 17.4. The topological polar surface area (TPSA) is 58.1 Å². The molecule has 4 N–H and O–H groups in total. The van der Waals surface area contributed by atoms with Gasteiger partial charge >= 0.3 is 0 Å². The number of ether oxygens (including phenoxy) is 1. The van der Waals surface area contributed by atoms with Crippen LogP contribution in [0.1, 0.15) is 28.9 Å². The molecule has 148 valence electrons. The number of aromatic hydroxyl groups is 1. The Balaban J connectivity index is 1.79. The Morgan fingerprint density at radius 2 is 1.90 bits per heavy atom. The Bertz CT molecular complexity index is 1070. The fourth-order valence-corrected chi connectivity index (χ4v) is 3.94. The third-order valence-corrected chi connectivity index (χ3v) is 5.49. The Hall–Kier alpha value is -2.83. The summed E-state index contributed by atoms with van der Waals surface area (Å²) in [4.78, 5) is 0. The van der Waals surface area contributed by atoms with Crippen molar-refractivity contribution in [3.8, 4) is 11.5 Å². The molecule has 0 saturated heterocycles. The first-order valence-corrected chi connectivity index (χ1v) is 10.0. The van der Waals surface area contributed by atoms with Gasteiger partial charge in [0.2, 0.25) is 0 Å². The van der Waals surface area contributed by atoms with Gasteiger partial charge in [0.25, 0.3) is 0 Å². The molecule has 0 aromatic heterocycles. The zero-order valence-electron chi connectivity index (χ0n) is 15.8. The first-order chi connectivity index (χ1) is 14.0. The van der Waals surface area contributed by atoms with E-state index in [2.05, 4.69) is 32.6 Å². The van der Waals surface area contributed by atoms with Crippen molar-refractivity contribution in [3.63, 3.8) is 0 Å². The van der Waals surface area contributed by atoms with Crippen molar-refractivity contribution in [1.82, 2.24) is 5.32 Å². The number of hydrogen-bond acceptors (Lipinski definition) is 3. The standard InChI is InChI=1S/C23H20BrFN2O2/c1-29-18-7-3-4-14(11-18)20-13-21(19-12-16(24)8-9-22(19)28)27-23(26-20)15-5-2-6-17(25)10-15/h2-13,21,23,26-28H,1H3/p+1. The highest BCUT2D eigenvalue weighted by Gasteiger charge is 2.29. The minimum absolute atomic E-state index is 0.164. The van der Waals surface area contributed by atoms with Crippen LogP contribution in [0.3, 0.4) is 0 Å². The summed E-state index contributed by atoms with van der Waals surface area (Å²) in [5, 5.41) is 16.0. The van der Waals surface area contributed by atoms with Gasteiger partial charge in [0, 0.05) is 27.4 Å². The first kappa shape index (κ1) is 19.5. The third-order valence-electron chi connectivity index (χ3n) is 4.99. The van der Waals surface area contributed by atoms with Crippen LogP contribution >= 0.6 is 15.9 Å². The largest absolute Gasteiger partial charge is 0.507 e. The summed E-state index contributed by atoms with van der Waals surface area (Å²) < 4.78 is 20.1. The SMILES string of the molecule is COc1cccc(C2=CC(c3cc(Br)ccc3O)[NH2+]C(c3cccc(F)c3)N2)c1. The summed E-state index contributed by atoms with van der Waals surface area (Å²) in [5.41, 5.74) is 3.45. The number of hydrogen-bond donors (Lipinski definition) is 3. The second-order valence-electron chi connectivity index (χ2n) is 6.91. The van der Waals surface area contributed by atoms with Crippen LogP contribution in [0.2, 0.25) is 0 Å². The third kappa shape index (κ3) is 4.28. The van der Waals surface area contributed by atoms with Gasteiger partial charge in [-0.05, 0) is 42.5 Å². The molecule has 6 heteroatoms. The lowest BCUT2D eigenvalue weighted by molar-refractivity contribution is -0.731. The number of nitrogens with one attached hydrogen (secondary N) is 1. The Morgan fingerprint density at radius 1 is 1.07 bits per heavy atom. The molecule has 0 fully saturated rings. The maximum absolute atomic E-state index is 13.9. The fraction of sp³-hybridized carbons (Fsp3) is 0.130. The van der Waals surface area contributed by atoms with Crippen molar-refractivity contribution in [2.24, 2.45) is 0 Å². The van der Waals surface area contributed by atoms with Gasteiger partial charge in [0.15, 0.2) is 6.17 Å². The first-order valence-electron chi connectivity index (χ1n) is 9.25. The van der Waals surface area contributed by atoms with E-state index in [0.717, 1.165) is 32.6 Å². The van der Waals surface area contributed by atoms with Crippen LogP contribution in [-0.4, -0.2) is 12.2 Å². The number of methoxy groups -OCH3 is 1. The normalized spacial score (nSPS) is 18.7. The fourth-order valence-electron chi connectivity index (χ4n) is 3.56. The number of halogens is 2. The molecule has 0 radical (unpaired) electrons. The average Bonchev–Trinajstić information content (AvgIpc) is 2.75. The number of rotatable bonds is 4. The summed E-state index contributed by atoms with van der Waals surface area (Å²) >= 11 is 3.48. The predicted octanol–water partition coefficient (Wildman–Crippen LogP) is 4.25. The Labute approximate surface area is 177 Å². The molecule has 0 bridgehead atoms. The molecule has 2 unspecified atom stereocenters. The van der Waals surface area contributed by atoms with E-state index in [1.54, 1.807) is 25.3 Å². The monoisotopic (exact) mass is 455 g/mol. The second kappa shape index (κ2) is 8.27. The summed E-state index contributed by atoms with van der Waals surface area (Å²) in [6.07, 6.45) is 1.84. The molecular weight excluding hydrogens is 435 g/mol. The van der Waals surface area contributed by atoms with Crippen molar-refractivity contribution < 1.29 is 19.6 Å². The van der Waals surface area contributed by atoms with Crippen LogP contribution in [0.4, 0.5) is 4.39 Å². The van der Waals surface area contributed by atoms with Gasteiger partial charge in [-0.3, -0.25) is 0 Å². The molecular formula is C23H21BrFN2O2+. The van der Waals surface area contributed by atoms with Crippen LogP contribution in [0.5, 0.6) is 11.5 Å². The molecule has 2 atom stereocenters. The molecule has 1 heterocycles. The number of phenolic OH excluding ortho intramolecular Hbond substituents is 1. The number of benzene rings is 3. The van der Waals surface area contributed by atoms with Crippen LogP contribution in [0.25, 0.3) is 5.70 Å². The van der Waals surface area contributed by atoms with E-state index in [0.29, 0.717) is 0 Å². The van der Waals surface area contributed by atoms with Gasteiger partial charge < -0.3 is 20.5 Å². The smallest absolute Gasteiger partial charge is 0.186 e. The number of nitrogens with two attached hydrogens (primary N) is 1. The molecule has 1 aliphatic rings. The summed E-state index contributed by atoms with van der Waals surface area (Å²) in [6.45, 7) is 0. The van der Waals surface area contributed by atoms with E-state index >= 15 is 0 Å². The van der Waals surface area contributed by atoms with Crippen molar-refractivity contribution >= 4 is 21.6 Å². The molecule has 29 heavy (non-hydrogen) atoms. The maximum Gasteiger partial charge on any atom is 0.186 e. The van der Waals surface area contributed by atoms with Gasteiger partial charge in [-0.2, -0.15) is 0 Å². The molecule has 4 rings (SSSR count). The Kier molecular flexibility index (Phi) is 5.56. The van der Waals surface area contributed by atoms with Crippen LogP contribution in [0.15, 0.2) is 77.3 Å². The average molecular weight is 456 g/mol. The van der Waals surface area contributed by atoms with E-state index in [9.17, 15) is 9.50 Å². The van der Waals surface area contributed by atoms with E-state index in [-0.39, 0.29) is 23.8 Å². The molecule has 0 spiro atoms. The van der Waals surface area contributed by atoms with Gasteiger partial charge in [-0.1, -0.05) is 40.2 Å². The van der Waals surface area contributed by atoms with Crippen molar-refractivity contribution in [2.75, 3.05) is 7.11 Å². The molecule has 0 amide bonds. The van der Waals surface area contributed by atoms with Gasteiger partial charge in [0.05, 0.1) is 12.7 Å². The highest BCUT2D eigenvalue weighted by atomic mass is 79.9. The summed E-state index contributed by atoms with van der Waals surface area (Å²) in [5.74, 6) is 0.691. The van der Waals surface area contributed by atoms with E-state index < -0.39 is 0 Å². The zero-order chi connectivity index (χ0) is 20.4. The minimum atomic E-state index is -0.281. The molecule has 0 aliphatic carbocycles. The van der Waals surface area contributed by atoms with Crippen LogP contribution < -0.4 is 15.4 Å². The van der Waals surface area contributed by atoms with Crippen LogP contribution in [0, 0.1) is 5.82 Å². The predicted molar refractivity (Wildman–Crippen MR) is 114 cm³/mol. The maximum atomic E-state index is 13.9. The molecule has 4 nitrogen and oxygen atoms in total. The van der Waals surface area contributed by atoms with Gasteiger partial charge in [-0.15, -0.1) is 0 Å². The van der Waals surface area contributed by atoms with E-state index in [4.69, 9.17) is 4.74 Å². The quantitative estimate of drug-likeness (QED) is 0.550. The lowest BCUT2D eigenvalue weighted by Gasteiger charge is -2.30. The highest BCUT2D eigenvalue weighted by molar-refractivity contribution is 9.10. The molecule has 1 aliphatic heterocycles. The summed E-state index contributed by atoms with van der Waals surface area (Å²) in [6, 6.07) is 19.5. The van der Waals surface area contributed by atoms with Gasteiger partial charge in [0.1, 0.15) is 23.4 Å². The van der Waals surface area contributed by atoms with Crippen LogP contribution in [-0.2, 0) is 0 Å². The lowest BCUT2D eigenvalue weighted by Crippen LogP contribution is -2.89. The number of phenols is 1. The van der Waals surface area contributed by atoms with Crippen molar-refractivity contribution in [3.05, 3.63) is 99.8 Å². The molecule has 0 saturated carbocycles. The van der Waals surface area contributed by atoms with E-state index in [1.807, 2.05) is 36.4 Å². The van der Waals surface area contributed by atoms with Crippen molar-refractivity contribution in [1.29, 1.82) is 0 Å². The van der Waals surface area contributed by atoms with E-state index in [1.165, 1.54) is 12.1 Å². The summed E-state index contributed by atoms with van der Waals surface area (Å²) in [7, 11) is 1.63.